The summed E-state index contributed by atoms with van der Waals surface area (Å²) in [5, 5.41) is 3.72. The molecule has 0 fully saturated rings. The summed E-state index contributed by atoms with van der Waals surface area (Å²) in [6, 6.07) is 12.9. The van der Waals surface area contributed by atoms with E-state index in [1.54, 1.807) is 31.4 Å². The van der Waals surface area contributed by atoms with Gasteiger partial charge in [0, 0.05) is 23.1 Å². The highest BCUT2D eigenvalue weighted by Gasteiger charge is 2.13. The Morgan fingerprint density at radius 1 is 1.12 bits per heavy atom. The van der Waals surface area contributed by atoms with Crippen molar-refractivity contribution in [1.29, 1.82) is 0 Å². The van der Waals surface area contributed by atoms with E-state index in [0.29, 0.717) is 23.3 Å². The molecule has 0 saturated carbocycles. The molecule has 3 aromatic rings. The van der Waals surface area contributed by atoms with Gasteiger partial charge in [0.25, 0.3) is 0 Å². The summed E-state index contributed by atoms with van der Waals surface area (Å²) in [7, 11) is 1.59. The smallest absolute Gasteiger partial charge is 0.339 e. The van der Waals surface area contributed by atoms with Crippen molar-refractivity contribution in [1.82, 2.24) is 0 Å². The fraction of sp³-hybridized carbons (Fsp3) is 0.238. The molecule has 134 valence electrons. The van der Waals surface area contributed by atoms with Gasteiger partial charge in [0.05, 0.1) is 7.11 Å². The van der Waals surface area contributed by atoms with E-state index in [2.05, 4.69) is 5.32 Å². The first kappa shape index (κ1) is 17.7. The van der Waals surface area contributed by atoms with E-state index in [4.69, 9.17) is 9.15 Å². The van der Waals surface area contributed by atoms with Crippen LogP contribution in [0.4, 0.5) is 5.69 Å². The molecule has 0 saturated heterocycles. The van der Waals surface area contributed by atoms with Gasteiger partial charge in [-0.3, -0.25) is 4.79 Å². The summed E-state index contributed by atoms with van der Waals surface area (Å²) in [5.74, 6) is 0.570. The van der Waals surface area contributed by atoms with E-state index in [-0.39, 0.29) is 18.0 Å². The van der Waals surface area contributed by atoms with E-state index in [9.17, 15) is 9.59 Å². The summed E-state index contributed by atoms with van der Waals surface area (Å²) in [6.07, 6.45) is 0.537. The van der Waals surface area contributed by atoms with Crippen molar-refractivity contribution in [2.24, 2.45) is 0 Å². The zero-order chi connectivity index (χ0) is 18.7. The maximum absolute atomic E-state index is 12.3. The van der Waals surface area contributed by atoms with Crippen molar-refractivity contribution < 1.29 is 13.9 Å². The van der Waals surface area contributed by atoms with E-state index < -0.39 is 0 Å². The zero-order valence-corrected chi connectivity index (χ0v) is 15.1. The predicted octanol–water partition coefficient (Wildman–Crippen LogP) is 3.99. The molecule has 1 aromatic heterocycles. The van der Waals surface area contributed by atoms with Crippen LogP contribution in [0.2, 0.25) is 0 Å². The van der Waals surface area contributed by atoms with Crippen LogP contribution in [-0.2, 0) is 11.2 Å². The van der Waals surface area contributed by atoms with Gasteiger partial charge in [-0.1, -0.05) is 12.1 Å². The van der Waals surface area contributed by atoms with Crippen LogP contribution >= 0.6 is 0 Å². The maximum atomic E-state index is 12.3. The lowest BCUT2D eigenvalue weighted by atomic mass is 10.0. The van der Waals surface area contributed by atoms with E-state index in [1.807, 2.05) is 32.0 Å². The third kappa shape index (κ3) is 3.77. The Morgan fingerprint density at radius 2 is 1.85 bits per heavy atom. The van der Waals surface area contributed by atoms with Crippen LogP contribution < -0.4 is 15.7 Å². The second-order valence-electron chi connectivity index (χ2n) is 6.27. The fourth-order valence-corrected chi connectivity index (χ4v) is 2.93. The van der Waals surface area contributed by atoms with E-state index in [1.165, 1.54) is 0 Å². The third-order valence-electron chi connectivity index (χ3n) is 4.42. The number of fused-ring (bicyclic) bond motifs is 1. The molecule has 0 aliphatic heterocycles. The number of anilines is 1. The van der Waals surface area contributed by atoms with Gasteiger partial charge in [-0.25, -0.2) is 4.79 Å². The average molecular weight is 351 g/mol. The minimum Gasteiger partial charge on any atom is -0.497 e. The number of aryl methyl sites for hydroxylation is 2. The Morgan fingerprint density at radius 3 is 2.54 bits per heavy atom. The Hall–Kier alpha value is -3.08. The summed E-state index contributed by atoms with van der Waals surface area (Å²) >= 11 is 0. The lowest BCUT2D eigenvalue weighted by Gasteiger charge is -2.09. The molecule has 0 bridgehead atoms. The summed E-state index contributed by atoms with van der Waals surface area (Å²) in [4.78, 5) is 24.5. The zero-order valence-electron chi connectivity index (χ0n) is 15.1. The molecule has 2 aromatic carbocycles. The molecular weight excluding hydrogens is 330 g/mol. The molecule has 1 amide bonds. The minimum atomic E-state index is -0.377. The highest BCUT2D eigenvalue weighted by molar-refractivity contribution is 5.91. The standard InChI is InChI=1S/C21H21NO4/c1-13-4-9-17-14(2)18(21(24)26-19(17)12-13)10-11-20(23)22-15-5-7-16(25-3)8-6-15/h4-9,12H,10-11H2,1-3H3,(H,22,23). The van der Waals surface area contributed by atoms with Crippen LogP contribution in [0, 0.1) is 13.8 Å². The monoisotopic (exact) mass is 351 g/mol. The first-order valence-corrected chi connectivity index (χ1v) is 8.45. The van der Waals surface area contributed by atoms with Gasteiger partial charge < -0.3 is 14.5 Å². The first-order chi connectivity index (χ1) is 12.5. The molecule has 0 radical (unpaired) electrons. The molecular formula is C21H21NO4. The number of ether oxygens (including phenoxy) is 1. The quantitative estimate of drug-likeness (QED) is 0.706. The second kappa shape index (κ2) is 7.44. The number of amides is 1. The van der Waals surface area contributed by atoms with Crippen LogP contribution in [0.25, 0.3) is 11.0 Å². The number of methoxy groups -OCH3 is 1. The fourth-order valence-electron chi connectivity index (χ4n) is 2.93. The predicted molar refractivity (Wildman–Crippen MR) is 102 cm³/mol. The highest BCUT2D eigenvalue weighted by Crippen LogP contribution is 2.21. The van der Waals surface area contributed by atoms with Crippen LogP contribution in [0.1, 0.15) is 23.1 Å². The summed E-state index contributed by atoms with van der Waals surface area (Å²) in [6.45, 7) is 3.84. The Bertz CT molecular complexity index is 1000. The highest BCUT2D eigenvalue weighted by atomic mass is 16.5. The summed E-state index contributed by atoms with van der Waals surface area (Å²) in [5.41, 5.74) is 3.34. The molecule has 3 rings (SSSR count). The number of carbonyl (C=O) groups excluding carboxylic acids is 1. The molecule has 0 atom stereocenters. The van der Waals surface area contributed by atoms with E-state index in [0.717, 1.165) is 22.3 Å². The summed E-state index contributed by atoms with van der Waals surface area (Å²) < 4.78 is 10.5. The Labute approximate surface area is 151 Å². The van der Waals surface area contributed by atoms with Gasteiger partial charge in [-0.05, 0) is 61.7 Å². The van der Waals surface area contributed by atoms with Crippen LogP contribution in [0.3, 0.4) is 0 Å². The lowest BCUT2D eigenvalue weighted by Crippen LogP contribution is -2.16. The molecule has 5 heteroatoms. The number of carbonyl (C=O) groups is 1. The second-order valence-corrected chi connectivity index (χ2v) is 6.27. The molecule has 5 nitrogen and oxygen atoms in total. The van der Waals surface area contributed by atoms with Gasteiger partial charge >= 0.3 is 5.63 Å². The first-order valence-electron chi connectivity index (χ1n) is 8.45. The number of nitrogens with one attached hydrogen (secondary N) is 1. The van der Waals surface area contributed by atoms with Crippen LogP contribution in [-0.4, -0.2) is 13.0 Å². The van der Waals surface area contributed by atoms with Crippen molar-refractivity contribution in [2.75, 3.05) is 12.4 Å². The van der Waals surface area contributed by atoms with Crippen molar-refractivity contribution in [3.63, 3.8) is 0 Å². The molecule has 26 heavy (non-hydrogen) atoms. The van der Waals surface area contributed by atoms with Gasteiger partial charge in [-0.15, -0.1) is 0 Å². The van der Waals surface area contributed by atoms with Crippen molar-refractivity contribution in [3.8, 4) is 5.75 Å². The molecule has 0 aliphatic carbocycles. The molecule has 0 spiro atoms. The van der Waals surface area contributed by atoms with Crippen molar-refractivity contribution in [3.05, 3.63) is 69.6 Å². The van der Waals surface area contributed by atoms with Crippen LogP contribution in [0.15, 0.2) is 51.7 Å². The Balaban J connectivity index is 1.73. The SMILES string of the molecule is COc1ccc(NC(=O)CCc2c(C)c3ccc(C)cc3oc2=O)cc1. The lowest BCUT2D eigenvalue weighted by molar-refractivity contribution is -0.116. The minimum absolute atomic E-state index is 0.155. The number of hydrogen-bond donors (Lipinski definition) is 1. The van der Waals surface area contributed by atoms with Crippen molar-refractivity contribution in [2.45, 2.75) is 26.7 Å². The topological polar surface area (TPSA) is 68.5 Å². The molecule has 0 unspecified atom stereocenters. The maximum Gasteiger partial charge on any atom is 0.339 e. The number of rotatable bonds is 5. The largest absolute Gasteiger partial charge is 0.497 e. The van der Waals surface area contributed by atoms with Gasteiger partial charge in [0.2, 0.25) is 5.91 Å². The third-order valence-corrected chi connectivity index (χ3v) is 4.42. The molecule has 1 N–H and O–H groups in total. The van der Waals surface area contributed by atoms with Crippen LogP contribution in [0.5, 0.6) is 5.75 Å². The van der Waals surface area contributed by atoms with Gasteiger partial charge in [0.1, 0.15) is 11.3 Å². The van der Waals surface area contributed by atoms with Gasteiger partial charge in [0.15, 0.2) is 0 Å². The number of benzene rings is 2. The van der Waals surface area contributed by atoms with Gasteiger partial charge in [-0.2, -0.15) is 0 Å². The van der Waals surface area contributed by atoms with Crippen molar-refractivity contribution >= 4 is 22.6 Å². The molecule has 0 aliphatic rings. The molecule has 1 heterocycles. The van der Waals surface area contributed by atoms with E-state index >= 15 is 0 Å². The normalized spacial score (nSPS) is 10.7. The number of hydrogen-bond acceptors (Lipinski definition) is 4. The average Bonchev–Trinajstić information content (AvgIpc) is 2.61. The Kier molecular flexibility index (Phi) is 5.07.